The van der Waals surface area contributed by atoms with E-state index >= 15 is 0 Å². The van der Waals surface area contributed by atoms with E-state index in [1.54, 1.807) is 6.07 Å². The first-order valence-electron chi connectivity index (χ1n) is 6.01. The van der Waals surface area contributed by atoms with E-state index in [0.717, 1.165) is 11.3 Å². The number of nitrogens with two attached hydrogens (primary N) is 1. The Balaban J connectivity index is 2.68. The molecule has 0 bridgehead atoms. The molecule has 5 nitrogen and oxygen atoms in total. The zero-order valence-electron chi connectivity index (χ0n) is 11.7. The van der Waals surface area contributed by atoms with E-state index in [-0.39, 0.29) is 18.0 Å². The van der Waals surface area contributed by atoms with Gasteiger partial charge in [0, 0.05) is 16.8 Å². The summed E-state index contributed by atoms with van der Waals surface area (Å²) in [5.74, 6) is 0.500. The van der Waals surface area contributed by atoms with Crippen LogP contribution in [0.1, 0.15) is 32.0 Å². The van der Waals surface area contributed by atoms with Crippen LogP contribution >= 0.6 is 12.2 Å². The molecule has 4 N–H and O–H groups in total. The van der Waals surface area contributed by atoms with E-state index in [1.807, 2.05) is 33.8 Å². The number of aromatic nitrogens is 1. The third-order valence-electron chi connectivity index (χ3n) is 2.18. The second-order valence-electron chi connectivity index (χ2n) is 5.40. The normalized spacial score (nSPS) is 10.9. The number of hydrogen-bond donors (Lipinski definition) is 3. The summed E-state index contributed by atoms with van der Waals surface area (Å²) in [6.45, 7) is 7.80. The van der Waals surface area contributed by atoms with Crippen LogP contribution in [0.4, 0.5) is 5.82 Å². The number of anilines is 1. The zero-order valence-corrected chi connectivity index (χ0v) is 12.5. The van der Waals surface area contributed by atoms with Gasteiger partial charge in [-0.05, 0) is 39.8 Å². The van der Waals surface area contributed by atoms with E-state index in [1.165, 1.54) is 0 Å². The smallest absolute Gasteiger partial charge is 0.239 e. The lowest BCUT2D eigenvalue weighted by molar-refractivity contribution is -0.120. The maximum atomic E-state index is 11.7. The van der Waals surface area contributed by atoms with Crippen LogP contribution in [0.25, 0.3) is 0 Å². The van der Waals surface area contributed by atoms with Crippen LogP contribution < -0.4 is 16.4 Å². The van der Waals surface area contributed by atoms with Gasteiger partial charge in [-0.3, -0.25) is 4.79 Å². The molecule has 6 heteroatoms. The minimum Gasteiger partial charge on any atom is -0.389 e. The average molecular weight is 280 g/mol. The molecule has 1 heterocycles. The number of hydrogen-bond acceptors (Lipinski definition) is 4. The van der Waals surface area contributed by atoms with Crippen LogP contribution in [0.5, 0.6) is 0 Å². The highest BCUT2D eigenvalue weighted by Crippen LogP contribution is 2.10. The van der Waals surface area contributed by atoms with Crippen molar-refractivity contribution in [2.24, 2.45) is 5.73 Å². The maximum Gasteiger partial charge on any atom is 0.239 e. The highest BCUT2D eigenvalue weighted by Gasteiger charge is 2.13. The van der Waals surface area contributed by atoms with Crippen molar-refractivity contribution < 1.29 is 4.79 Å². The fraction of sp³-hybridized carbons (Fsp3) is 0.462. The standard InChI is InChI=1S/C13H20N4OS/c1-8-5-9(12(14)19)6-10(16-8)15-7-11(18)17-13(2,3)4/h5-6H,7H2,1-4H3,(H2,14,19)(H,15,16)(H,17,18). The highest BCUT2D eigenvalue weighted by atomic mass is 32.1. The maximum absolute atomic E-state index is 11.7. The third kappa shape index (κ3) is 5.65. The number of thiocarbonyl (C=S) groups is 1. The van der Waals surface area contributed by atoms with Gasteiger partial charge in [-0.2, -0.15) is 0 Å². The van der Waals surface area contributed by atoms with Crippen LogP contribution in [0.3, 0.4) is 0 Å². The number of rotatable bonds is 4. The van der Waals surface area contributed by atoms with Gasteiger partial charge in [0.1, 0.15) is 10.8 Å². The van der Waals surface area contributed by atoms with E-state index in [4.69, 9.17) is 18.0 Å². The molecular formula is C13H20N4OS. The van der Waals surface area contributed by atoms with Gasteiger partial charge in [0.15, 0.2) is 0 Å². The van der Waals surface area contributed by atoms with Gasteiger partial charge in [-0.15, -0.1) is 0 Å². The molecule has 0 aliphatic rings. The van der Waals surface area contributed by atoms with Crippen LogP contribution in [0.2, 0.25) is 0 Å². The SMILES string of the molecule is Cc1cc(C(N)=S)cc(NCC(=O)NC(C)(C)C)n1. The number of carbonyl (C=O) groups is 1. The first-order chi connectivity index (χ1) is 8.67. The van der Waals surface area contributed by atoms with Crippen molar-refractivity contribution in [3.8, 4) is 0 Å². The van der Waals surface area contributed by atoms with Gasteiger partial charge in [0.2, 0.25) is 5.91 Å². The molecule has 104 valence electrons. The molecular weight excluding hydrogens is 260 g/mol. The Morgan fingerprint density at radius 2 is 2.05 bits per heavy atom. The lowest BCUT2D eigenvalue weighted by Crippen LogP contribution is -2.43. The summed E-state index contributed by atoms with van der Waals surface area (Å²) in [6.07, 6.45) is 0. The number of nitrogens with zero attached hydrogens (tertiary/aromatic N) is 1. The Morgan fingerprint density at radius 3 is 2.58 bits per heavy atom. The Bertz CT molecular complexity index is 494. The minimum atomic E-state index is -0.247. The van der Waals surface area contributed by atoms with Gasteiger partial charge in [-0.25, -0.2) is 4.98 Å². The quantitative estimate of drug-likeness (QED) is 0.726. The van der Waals surface area contributed by atoms with Crippen LogP contribution in [0.15, 0.2) is 12.1 Å². The lowest BCUT2D eigenvalue weighted by atomic mass is 10.1. The largest absolute Gasteiger partial charge is 0.389 e. The summed E-state index contributed by atoms with van der Waals surface area (Å²) in [5, 5.41) is 5.83. The summed E-state index contributed by atoms with van der Waals surface area (Å²) >= 11 is 4.93. The molecule has 0 atom stereocenters. The van der Waals surface area contributed by atoms with Crippen molar-refractivity contribution in [2.45, 2.75) is 33.2 Å². The van der Waals surface area contributed by atoms with Gasteiger partial charge < -0.3 is 16.4 Å². The van der Waals surface area contributed by atoms with Crippen molar-refractivity contribution in [1.29, 1.82) is 0 Å². The number of pyridine rings is 1. The van der Waals surface area contributed by atoms with Gasteiger partial charge >= 0.3 is 0 Å². The summed E-state index contributed by atoms with van der Waals surface area (Å²) in [5.41, 5.74) is 6.87. The van der Waals surface area contributed by atoms with Crippen molar-refractivity contribution in [1.82, 2.24) is 10.3 Å². The summed E-state index contributed by atoms with van der Waals surface area (Å²) in [4.78, 5) is 16.3. The predicted molar refractivity (Wildman–Crippen MR) is 81.2 cm³/mol. The van der Waals surface area contributed by atoms with Crippen LogP contribution in [0, 0.1) is 6.92 Å². The van der Waals surface area contributed by atoms with E-state index in [0.29, 0.717) is 10.8 Å². The minimum absolute atomic E-state index is 0.0901. The first-order valence-corrected chi connectivity index (χ1v) is 6.41. The predicted octanol–water partition coefficient (Wildman–Crippen LogP) is 1.35. The number of amides is 1. The monoisotopic (exact) mass is 280 g/mol. The van der Waals surface area contributed by atoms with Crippen LogP contribution in [-0.4, -0.2) is 28.0 Å². The molecule has 1 rings (SSSR count). The van der Waals surface area contributed by atoms with Crippen molar-refractivity contribution in [2.75, 3.05) is 11.9 Å². The van der Waals surface area contributed by atoms with Crippen molar-refractivity contribution in [3.63, 3.8) is 0 Å². The van der Waals surface area contributed by atoms with Gasteiger partial charge in [0.25, 0.3) is 0 Å². The van der Waals surface area contributed by atoms with E-state index in [9.17, 15) is 4.79 Å². The molecule has 0 saturated heterocycles. The molecule has 0 aliphatic heterocycles. The molecule has 0 fully saturated rings. The molecule has 0 spiro atoms. The molecule has 1 aromatic rings. The van der Waals surface area contributed by atoms with Crippen molar-refractivity contribution in [3.05, 3.63) is 23.4 Å². The molecule has 1 aromatic heterocycles. The van der Waals surface area contributed by atoms with Crippen LogP contribution in [-0.2, 0) is 4.79 Å². The third-order valence-corrected chi connectivity index (χ3v) is 2.42. The Hall–Kier alpha value is -1.69. The van der Waals surface area contributed by atoms with Gasteiger partial charge in [0.05, 0.1) is 6.54 Å². The fourth-order valence-corrected chi connectivity index (χ4v) is 1.65. The number of nitrogens with one attached hydrogen (secondary N) is 2. The fourth-order valence-electron chi connectivity index (χ4n) is 1.53. The molecule has 0 radical (unpaired) electrons. The molecule has 0 aliphatic carbocycles. The average Bonchev–Trinajstić information content (AvgIpc) is 2.23. The molecule has 0 unspecified atom stereocenters. The zero-order chi connectivity index (χ0) is 14.6. The highest BCUT2D eigenvalue weighted by molar-refractivity contribution is 7.80. The first kappa shape index (κ1) is 15.4. The van der Waals surface area contributed by atoms with Crippen molar-refractivity contribution >= 4 is 28.9 Å². The second kappa shape index (κ2) is 5.97. The topological polar surface area (TPSA) is 80.0 Å². The lowest BCUT2D eigenvalue weighted by Gasteiger charge is -2.20. The molecule has 1 amide bonds. The van der Waals surface area contributed by atoms with E-state index in [2.05, 4.69) is 15.6 Å². The Labute approximate surface area is 119 Å². The number of carbonyl (C=O) groups excluding carboxylic acids is 1. The molecule has 19 heavy (non-hydrogen) atoms. The molecule has 0 saturated carbocycles. The Kier molecular flexibility index (Phi) is 4.83. The van der Waals surface area contributed by atoms with Gasteiger partial charge in [-0.1, -0.05) is 12.2 Å². The summed E-state index contributed by atoms with van der Waals surface area (Å²) in [7, 11) is 0. The summed E-state index contributed by atoms with van der Waals surface area (Å²) < 4.78 is 0. The second-order valence-corrected chi connectivity index (χ2v) is 5.84. The Morgan fingerprint density at radius 1 is 1.42 bits per heavy atom. The molecule has 0 aromatic carbocycles. The van der Waals surface area contributed by atoms with E-state index < -0.39 is 0 Å². The number of aryl methyl sites for hydroxylation is 1. The summed E-state index contributed by atoms with van der Waals surface area (Å²) in [6, 6.07) is 3.54.